The minimum atomic E-state index is 0.295. The monoisotopic (exact) mass is 276 g/mol. The molecule has 2 rings (SSSR count). The van der Waals surface area contributed by atoms with Gasteiger partial charge in [0, 0.05) is 11.3 Å². The second-order valence-electron chi connectivity index (χ2n) is 4.50. The molecule has 0 amide bonds. The van der Waals surface area contributed by atoms with Crippen LogP contribution in [0.2, 0.25) is 0 Å². The first-order valence-corrected chi connectivity index (χ1v) is 7.43. The standard InChI is InChI=1S/C15H20N2OS/c1-4-13(19-15-17-11(2)10-18-15)14(16-3)12-8-6-5-7-9-12/h5-10,13-14,16H,4H2,1-3H3. The first-order valence-electron chi connectivity index (χ1n) is 6.55. The third-order valence-electron chi connectivity index (χ3n) is 3.09. The average molecular weight is 276 g/mol. The van der Waals surface area contributed by atoms with Crippen LogP contribution in [0.5, 0.6) is 0 Å². The first kappa shape index (κ1) is 14.2. The van der Waals surface area contributed by atoms with Crippen molar-refractivity contribution < 1.29 is 4.42 Å². The minimum absolute atomic E-state index is 0.295. The van der Waals surface area contributed by atoms with Crippen molar-refractivity contribution in [2.24, 2.45) is 0 Å². The molecule has 0 spiro atoms. The fourth-order valence-corrected chi connectivity index (χ4v) is 3.29. The number of nitrogens with zero attached hydrogens (tertiary/aromatic N) is 1. The summed E-state index contributed by atoms with van der Waals surface area (Å²) in [5.41, 5.74) is 2.23. The van der Waals surface area contributed by atoms with Crippen LogP contribution >= 0.6 is 11.8 Å². The van der Waals surface area contributed by atoms with Gasteiger partial charge in [0.15, 0.2) is 0 Å². The fourth-order valence-electron chi connectivity index (χ4n) is 2.13. The van der Waals surface area contributed by atoms with E-state index in [9.17, 15) is 0 Å². The van der Waals surface area contributed by atoms with Crippen molar-refractivity contribution in [3.63, 3.8) is 0 Å². The first-order chi connectivity index (χ1) is 9.24. The number of thioether (sulfide) groups is 1. The molecular weight excluding hydrogens is 256 g/mol. The highest BCUT2D eigenvalue weighted by atomic mass is 32.2. The van der Waals surface area contributed by atoms with E-state index >= 15 is 0 Å². The number of hydrogen-bond donors (Lipinski definition) is 1. The Morgan fingerprint density at radius 3 is 2.58 bits per heavy atom. The van der Waals surface area contributed by atoms with Crippen molar-refractivity contribution in [3.8, 4) is 0 Å². The molecule has 1 aromatic carbocycles. The van der Waals surface area contributed by atoms with Gasteiger partial charge < -0.3 is 9.73 Å². The van der Waals surface area contributed by atoms with E-state index in [1.165, 1.54) is 5.56 Å². The van der Waals surface area contributed by atoms with E-state index in [0.717, 1.165) is 17.3 Å². The summed E-state index contributed by atoms with van der Waals surface area (Å²) >= 11 is 1.70. The van der Waals surface area contributed by atoms with E-state index in [0.29, 0.717) is 11.3 Å². The molecule has 2 aromatic rings. The summed E-state index contributed by atoms with van der Waals surface area (Å²) in [6, 6.07) is 10.8. The van der Waals surface area contributed by atoms with Crippen molar-refractivity contribution in [2.45, 2.75) is 36.8 Å². The van der Waals surface area contributed by atoms with Gasteiger partial charge in [0.25, 0.3) is 5.22 Å². The minimum Gasteiger partial charge on any atom is -0.440 e. The third kappa shape index (κ3) is 3.61. The Balaban J connectivity index is 2.15. The predicted octanol–water partition coefficient (Wildman–Crippen LogP) is 3.81. The van der Waals surface area contributed by atoms with Gasteiger partial charge in [-0.05, 0) is 26.0 Å². The zero-order valence-corrected chi connectivity index (χ0v) is 12.4. The number of hydrogen-bond acceptors (Lipinski definition) is 4. The zero-order valence-electron chi connectivity index (χ0n) is 11.6. The van der Waals surface area contributed by atoms with E-state index in [1.54, 1.807) is 18.0 Å². The van der Waals surface area contributed by atoms with Gasteiger partial charge in [0.05, 0.1) is 5.69 Å². The van der Waals surface area contributed by atoms with Crippen LogP contribution < -0.4 is 5.32 Å². The van der Waals surface area contributed by atoms with Crippen LogP contribution in [0, 0.1) is 6.92 Å². The molecular formula is C15H20N2OS. The van der Waals surface area contributed by atoms with Gasteiger partial charge in [0.2, 0.25) is 0 Å². The Hall–Kier alpha value is -1.26. The third-order valence-corrected chi connectivity index (χ3v) is 4.39. The molecule has 2 unspecified atom stereocenters. The Bertz CT molecular complexity index is 498. The zero-order chi connectivity index (χ0) is 13.7. The number of nitrogens with one attached hydrogen (secondary N) is 1. The van der Waals surface area contributed by atoms with E-state index in [4.69, 9.17) is 4.42 Å². The highest BCUT2D eigenvalue weighted by molar-refractivity contribution is 7.99. The molecule has 19 heavy (non-hydrogen) atoms. The number of benzene rings is 1. The molecule has 2 atom stereocenters. The van der Waals surface area contributed by atoms with Crippen LogP contribution in [0.3, 0.4) is 0 Å². The maximum atomic E-state index is 5.45. The molecule has 0 fully saturated rings. The summed E-state index contributed by atoms with van der Waals surface area (Å²) in [6.45, 7) is 4.14. The Kier molecular flexibility index (Phi) is 5.05. The lowest BCUT2D eigenvalue weighted by atomic mass is 10.0. The van der Waals surface area contributed by atoms with Crippen LogP contribution in [0.1, 0.15) is 30.6 Å². The summed E-state index contributed by atoms with van der Waals surface area (Å²) in [5.74, 6) is 0. The summed E-state index contributed by atoms with van der Waals surface area (Å²) in [6.07, 6.45) is 2.75. The molecule has 1 heterocycles. The molecule has 3 nitrogen and oxygen atoms in total. The molecule has 0 saturated carbocycles. The maximum absolute atomic E-state index is 5.45. The second kappa shape index (κ2) is 6.78. The largest absolute Gasteiger partial charge is 0.440 e. The smallest absolute Gasteiger partial charge is 0.256 e. The van der Waals surface area contributed by atoms with Crippen LogP contribution in [-0.2, 0) is 0 Å². The van der Waals surface area contributed by atoms with Crippen LogP contribution in [0.15, 0.2) is 46.2 Å². The summed E-state index contributed by atoms with van der Waals surface area (Å²) in [4.78, 5) is 4.38. The lowest BCUT2D eigenvalue weighted by Crippen LogP contribution is -2.26. The molecule has 1 aromatic heterocycles. The van der Waals surface area contributed by atoms with Crippen molar-refractivity contribution in [2.75, 3.05) is 7.05 Å². The van der Waals surface area contributed by atoms with Gasteiger partial charge in [-0.2, -0.15) is 0 Å². The summed E-state index contributed by atoms with van der Waals surface area (Å²) < 4.78 is 5.45. The Morgan fingerprint density at radius 1 is 1.32 bits per heavy atom. The highest BCUT2D eigenvalue weighted by Crippen LogP contribution is 2.33. The number of aryl methyl sites for hydroxylation is 1. The van der Waals surface area contributed by atoms with Gasteiger partial charge in [-0.15, -0.1) is 0 Å². The Morgan fingerprint density at radius 2 is 2.05 bits per heavy atom. The fraction of sp³-hybridized carbons (Fsp3) is 0.400. The number of aromatic nitrogens is 1. The molecule has 0 radical (unpaired) electrons. The van der Waals surface area contributed by atoms with Crippen molar-refractivity contribution in [1.29, 1.82) is 0 Å². The van der Waals surface area contributed by atoms with Crippen molar-refractivity contribution in [1.82, 2.24) is 10.3 Å². The topological polar surface area (TPSA) is 38.1 Å². The van der Waals surface area contributed by atoms with Gasteiger partial charge in [0.1, 0.15) is 6.26 Å². The predicted molar refractivity (Wildman–Crippen MR) is 79.4 cm³/mol. The quantitative estimate of drug-likeness (QED) is 0.814. The second-order valence-corrected chi connectivity index (χ2v) is 5.69. The number of rotatable bonds is 6. The van der Waals surface area contributed by atoms with E-state index in [-0.39, 0.29) is 0 Å². The lowest BCUT2D eigenvalue weighted by Gasteiger charge is -2.24. The maximum Gasteiger partial charge on any atom is 0.256 e. The SMILES string of the molecule is CCC(Sc1nc(C)co1)C(NC)c1ccccc1. The van der Waals surface area contributed by atoms with E-state index < -0.39 is 0 Å². The molecule has 1 N–H and O–H groups in total. The molecule has 0 saturated heterocycles. The van der Waals surface area contributed by atoms with Gasteiger partial charge in [-0.25, -0.2) is 4.98 Å². The molecule has 0 bridgehead atoms. The van der Waals surface area contributed by atoms with E-state index in [1.807, 2.05) is 20.0 Å². The number of oxazole rings is 1. The van der Waals surface area contributed by atoms with Crippen molar-refractivity contribution >= 4 is 11.8 Å². The molecule has 0 aliphatic rings. The van der Waals surface area contributed by atoms with Gasteiger partial charge >= 0.3 is 0 Å². The highest BCUT2D eigenvalue weighted by Gasteiger charge is 2.23. The van der Waals surface area contributed by atoms with Crippen LogP contribution in [0.4, 0.5) is 0 Å². The average Bonchev–Trinajstić information content (AvgIpc) is 2.85. The molecule has 0 aliphatic carbocycles. The molecule has 4 heteroatoms. The molecule has 0 aliphatic heterocycles. The normalized spacial score (nSPS) is 14.3. The molecule has 102 valence electrons. The van der Waals surface area contributed by atoms with Gasteiger partial charge in [-0.3, -0.25) is 0 Å². The van der Waals surface area contributed by atoms with Gasteiger partial charge in [-0.1, -0.05) is 49.0 Å². The Labute approximate surface area is 118 Å². The summed E-state index contributed by atoms with van der Waals surface area (Å²) in [7, 11) is 2.00. The van der Waals surface area contributed by atoms with Crippen LogP contribution in [-0.4, -0.2) is 17.3 Å². The summed E-state index contributed by atoms with van der Waals surface area (Å²) in [5, 5.41) is 4.55. The van der Waals surface area contributed by atoms with Crippen LogP contribution in [0.25, 0.3) is 0 Å². The lowest BCUT2D eigenvalue weighted by molar-refractivity contribution is 0.449. The van der Waals surface area contributed by atoms with E-state index in [2.05, 4.69) is 41.5 Å². The van der Waals surface area contributed by atoms with Crippen molar-refractivity contribution in [3.05, 3.63) is 47.9 Å².